The van der Waals surface area contributed by atoms with Gasteiger partial charge in [0.2, 0.25) is 0 Å². The second kappa shape index (κ2) is 7.61. The third kappa shape index (κ3) is 4.73. The van der Waals surface area contributed by atoms with E-state index in [1.807, 2.05) is 20.8 Å². The summed E-state index contributed by atoms with van der Waals surface area (Å²) in [7, 11) is 0. The molecular formula is C15H21FN2O3. The molecule has 1 atom stereocenters. The van der Waals surface area contributed by atoms with Crippen molar-refractivity contribution in [3.63, 3.8) is 0 Å². The Kier molecular flexibility index (Phi) is 6.14. The van der Waals surface area contributed by atoms with Gasteiger partial charge in [-0.2, -0.15) is 0 Å². The summed E-state index contributed by atoms with van der Waals surface area (Å²) in [5.74, 6) is -1.47. The number of rotatable bonds is 6. The van der Waals surface area contributed by atoms with Crippen LogP contribution in [0.25, 0.3) is 0 Å². The number of nitrogens with one attached hydrogen (secondary N) is 1. The van der Waals surface area contributed by atoms with Crippen LogP contribution >= 0.6 is 0 Å². The topological polar surface area (TPSA) is 69.6 Å². The summed E-state index contributed by atoms with van der Waals surface area (Å²) >= 11 is 0. The highest BCUT2D eigenvalue weighted by molar-refractivity contribution is 6.00. The Balaban J connectivity index is 2.91. The van der Waals surface area contributed by atoms with E-state index in [1.165, 1.54) is 0 Å². The second-order valence-corrected chi connectivity index (χ2v) is 4.98. The number of aromatic carboxylic acids is 1. The molecule has 0 aliphatic carbocycles. The van der Waals surface area contributed by atoms with E-state index >= 15 is 0 Å². The maximum atomic E-state index is 13.3. The second-order valence-electron chi connectivity index (χ2n) is 4.98. The van der Waals surface area contributed by atoms with Crippen molar-refractivity contribution in [3.8, 4) is 0 Å². The molecular weight excluding hydrogens is 275 g/mol. The van der Waals surface area contributed by atoms with Gasteiger partial charge >= 0.3 is 12.0 Å². The Hall–Kier alpha value is -2.11. The van der Waals surface area contributed by atoms with Gasteiger partial charge in [-0.3, -0.25) is 0 Å². The number of hydrogen-bond donors (Lipinski definition) is 2. The average molecular weight is 296 g/mol. The number of halogens is 1. The molecule has 1 rings (SSSR count). The molecule has 1 aromatic rings. The van der Waals surface area contributed by atoms with Crippen LogP contribution < -0.4 is 5.32 Å². The van der Waals surface area contributed by atoms with Gasteiger partial charge in [0.25, 0.3) is 0 Å². The van der Waals surface area contributed by atoms with Crippen LogP contribution in [0.4, 0.5) is 14.9 Å². The molecule has 0 spiro atoms. The molecule has 21 heavy (non-hydrogen) atoms. The number of nitrogens with zero attached hydrogens (tertiary/aromatic N) is 1. The van der Waals surface area contributed by atoms with Crippen LogP contribution in [0.3, 0.4) is 0 Å². The normalized spacial score (nSPS) is 11.8. The minimum absolute atomic E-state index is 0.0323. The molecule has 0 aliphatic rings. The lowest BCUT2D eigenvalue weighted by molar-refractivity contribution is 0.0698. The van der Waals surface area contributed by atoms with Crippen molar-refractivity contribution < 1.29 is 19.1 Å². The summed E-state index contributed by atoms with van der Waals surface area (Å²) in [6.07, 6.45) is 0.935. The van der Waals surface area contributed by atoms with E-state index < -0.39 is 17.8 Å². The van der Waals surface area contributed by atoms with Crippen LogP contribution in [0.15, 0.2) is 18.2 Å². The first kappa shape index (κ1) is 16.9. The van der Waals surface area contributed by atoms with Crippen LogP contribution in [0.5, 0.6) is 0 Å². The molecule has 1 aromatic carbocycles. The molecule has 6 heteroatoms. The molecule has 0 radical (unpaired) electrons. The summed E-state index contributed by atoms with van der Waals surface area (Å²) in [5.41, 5.74) is -0.167. The fraction of sp³-hybridized carbons (Fsp3) is 0.467. The van der Waals surface area contributed by atoms with E-state index in [2.05, 4.69) is 5.32 Å². The van der Waals surface area contributed by atoms with Gasteiger partial charge in [-0.25, -0.2) is 14.0 Å². The van der Waals surface area contributed by atoms with Crippen molar-refractivity contribution in [3.05, 3.63) is 29.6 Å². The van der Waals surface area contributed by atoms with Crippen molar-refractivity contribution >= 4 is 17.7 Å². The third-order valence-electron chi connectivity index (χ3n) is 3.35. The zero-order valence-corrected chi connectivity index (χ0v) is 12.5. The first-order valence-electron chi connectivity index (χ1n) is 6.97. The Labute approximate surface area is 123 Å². The predicted octanol–water partition coefficient (Wildman–Crippen LogP) is 3.42. The number of carboxylic acids is 1. The van der Waals surface area contributed by atoms with E-state index in [0.29, 0.717) is 19.0 Å². The van der Waals surface area contributed by atoms with Crippen LogP contribution in [0.1, 0.15) is 37.6 Å². The lowest BCUT2D eigenvalue weighted by Crippen LogP contribution is -2.38. The summed E-state index contributed by atoms with van der Waals surface area (Å²) in [6, 6.07) is 2.78. The van der Waals surface area contributed by atoms with Crippen molar-refractivity contribution in [2.75, 3.05) is 18.4 Å². The molecule has 0 fully saturated rings. The van der Waals surface area contributed by atoms with Gasteiger partial charge in [0.15, 0.2) is 0 Å². The fourth-order valence-electron chi connectivity index (χ4n) is 1.86. The van der Waals surface area contributed by atoms with E-state index in [9.17, 15) is 14.0 Å². The van der Waals surface area contributed by atoms with Crippen molar-refractivity contribution in [2.45, 2.75) is 27.2 Å². The fourth-order valence-corrected chi connectivity index (χ4v) is 1.86. The molecule has 116 valence electrons. The molecule has 5 nitrogen and oxygen atoms in total. The van der Waals surface area contributed by atoms with Gasteiger partial charge in [0.05, 0.1) is 11.3 Å². The summed E-state index contributed by atoms with van der Waals surface area (Å²) in [5, 5.41) is 11.5. The quantitative estimate of drug-likeness (QED) is 0.845. The monoisotopic (exact) mass is 296 g/mol. The number of carbonyl (C=O) groups excluding carboxylic acids is 1. The van der Waals surface area contributed by atoms with E-state index in [0.717, 1.165) is 24.6 Å². The van der Waals surface area contributed by atoms with Crippen LogP contribution in [0.2, 0.25) is 0 Å². The first-order valence-corrected chi connectivity index (χ1v) is 6.97. The molecule has 0 aromatic heterocycles. The number of amides is 2. The van der Waals surface area contributed by atoms with Gasteiger partial charge in [-0.15, -0.1) is 0 Å². The summed E-state index contributed by atoms with van der Waals surface area (Å²) in [4.78, 5) is 24.8. The smallest absolute Gasteiger partial charge is 0.337 e. The number of carbonyl (C=O) groups is 2. The van der Waals surface area contributed by atoms with Gasteiger partial charge in [-0.1, -0.05) is 20.3 Å². The molecule has 0 saturated heterocycles. The van der Waals surface area contributed by atoms with Crippen LogP contribution in [-0.2, 0) is 0 Å². The zero-order chi connectivity index (χ0) is 16.0. The molecule has 2 amide bonds. The van der Waals surface area contributed by atoms with Gasteiger partial charge in [0, 0.05) is 13.1 Å². The molecule has 0 aliphatic heterocycles. The van der Waals surface area contributed by atoms with Gasteiger partial charge < -0.3 is 15.3 Å². The molecule has 2 N–H and O–H groups in total. The SMILES string of the molecule is CCC(C)CN(CC)C(=O)Nc1cc(F)ccc1C(=O)O. The highest BCUT2D eigenvalue weighted by atomic mass is 19.1. The van der Waals surface area contributed by atoms with Gasteiger partial charge in [0.1, 0.15) is 5.82 Å². The van der Waals surface area contributed by atoms with E-state index in [1.54, 1.807) is 4.90 Å². The summed E-state index contributed by atoms with van der Waals surface area (Å²) < 4.78 is 13.3. The highest BCUT2D eigenvalue weighted by Crippen LogP contribution is 2.18. The Morgan fingerprint density at radius 3 is 2.57 bits per heavy atom. The number of carboxylic acid groups (broad SMARTS) is 1. The van der Waals surface area contributed by atoms with Crippen LogP contribution in [0, 0.1) is 11.7 Å². The molecule has 0 bridgehead atoms. The molecule has 1 unspecified atom stereocenters. The minimum atomic E-state index is -1.21. The Morgan fingerprint density at radius 2 is 2.05 bits per heavy atom. The lowest BCUT2D eigenvalue weighted by Gasteiger charge is -2.24. The number of urea groups is 1. The number of hydrogen-bond acceptors (Lipinski definition) is 2. The van der Waals surface area contributed by atoms with Crippen molar-refractivity contribution in [1.29, 1.82) is 0 Å². The standard InChI is InChI=1S/C15H21FN2O3/c1-4-10(3)9-18(5-2)15(21)17-13-8-11(16)6-7-12(13)14(19)20/h6-8,10H,4-5,9H2,1-3H3,(H,17,21)(H,19,20). The predicted molar refractivity (Wildman–Crippen MR) is 79.1 cm³/mol. The number of benzene rings is 1. The van der Waals surface area contributed by atoms with E-state index in [4.69, 9.17) is 5.11 Å². The van der Waals surface area contributed by atoms with Crippen LogP contribution in [-0.4, -0.2) is 35.1 Å². The maximum absolute atomic E-state index is 13.3. The average Bonchev–Trinajstić information content (AvgIpc) is 2.43. The third-order valence-corrected chi connectivity index (χ3v) is 3.35. The first-order chi connectivity index (χ1) is 9.88. The summed E-state index contributed by atoms with van der Waals surface area (Å²) in [6.45, 7) is 6.96. The van der Waals surface area contributed by atoms with Gasteiger partial charge in [-0.05, 0) is 31.0 Å². The zero-order valence-electron chi connectivity index (χ0n) is 12.5. The molecule has 0 saturated carbocycles. The molecule has 0 heterocycles. The Morgan fingerprint density at radius 1 is 1.38 bits per heavy atom. The Bertz CT molecular complexity index is 520. The number of anilines is 1. The van der Waals surface area contributed by atoms with E-state index in [-0.39, 0.29) is 11.3 Å². The van der Waals surface area contributed by atoms with Crippen molar-refractivity contribution in [2.24, 2.45) is 5.92 Å². The highest BCUT2D eigenvalue weighted by Gasteiger charge is 2.18. The minimum Gasteiger partial charge on any atom is -0.478 e. The maximum Gasteiger partial charge on any atom is 0.337 e. The largest absolute Gasteiger partial charge is 0.478 e. The van der Waals surface area contributed by atoms with Crippen molar-refractivity contribution in [1.82, 2.24) is 4.90 Å². The lowest BCUT2D eigenvalue weighted by atomic mass is 10.1.